The number of aryl methyl sites for hydroxylation is 1. The standard InChI is InChI=1S/C20H17F3N4O2/c1-10-3-14(23)17(29-2)7-15(10)25-20-26-19(28)8-18-24-9-16(27(18)20)11-4-12(21)6-13(22)5-11/h3-8,16,24H,9H2,1-2H3,(H,25,26,28). The highest BCUT2D eigenvalue weighted by atomic mass is 19.1. The van der Waals surface area contributed by atoms with Gasteiger partial charge in [0.05, 0.1) is 13.2 Å². The highest BCUT2D eigenvalue weighted by molar-refractivity contribution is 5.63. The zero-order valence-corrected chi connectivity index (χ0v) is 15.6. The lowest BCUT2D eigenvalue weighted by Crippen LogP contribution is -2.18. The van der Waals surface area contributed by atoms with Crippen molar-refractivity contribution < 1.29 is 17.9 Å². The van der Waals surface area contributed by atoms with Crippen LogP contribution in [0, 0.1) is 24.4 Å². The highest BCUT2D eigenvalue weighted by Crippen LogP contribution is 2.34. The molecular formula is C20H17F3N4O2. The van der Waals surface area contributed by atoms with Crippen LogP contribution in [-0.4, -0.2) is 23.2 Å². The van der Waals surface area contributed by atoms with Gasteiger partial charge in [0.2, 0.25) is 5.95 Å². The van der Waals surface area contributed by atoms with Gasteiger partial charge in [0.15, 0.2) is 11.6 Å². The smallest absolute Gasteiger partial charge is 0.276 e. The SMILES string of the molecule is COc1cc(Nc2nc(=O)cc3n2C(c2cc(F)cc(F)c2)CN3)c(C)cc1F. The zero-order valence-electron chi connectivity index (χ0n) is 15.6. The average Bonchev–Trinajstić information content (AvgIpc) is 3.07. The molecule has 0 fully saturated rings. The summed E-state index contributed by atoms with van der Waals surface area (Å²) in [6, 6.07) is 6.81. The first-order valence-electron chi connectivity index (χ1n) is 8.80. The second kappa shape index (κ2) is 7.16. The fraction of sp³-hybridized carbons (Fsp3) is 0.200. The van der Waals surface area contributed by atoms with E-state index in [-0.39, 0.29) is 11.7 Å². The van der Waals surface area contributed by atoms with Gasteiger partial charge in [-0.05, 0) is 36.2 Å². The molecule has 0 spiro atoms. The van der Waals surface area contributed by atoms with E-state index in [4.69, 9.17) is 4.74 Å². The number of halogens is 3. The van der Waals surface area contributed by atoms with Crippen molar-refractivity contribution in [3.63, 3.8) is 0 Å². The van der Waals surface area contributed by atoms with Crippen LogP contribution in [0.3, 0.4) is 0 Å². The molecular weight excluding hydrogens is 385 g/mol. The van der Waals surface area contributed by atoms with Gasteiger partial charge in [-0.1, -0.05) is 0 Å². The first kappa shape index (κ1) is 18.9. The van der Waals surface area contributed by atoms with E-state index in [1.54, 1.807) is 11.5 Å². The van der Waals surface area contributed by atoms with Crippen molar-refractivity contribution in [1.29, 1.82) is 0 Å². The normalized spacial score (nSPS) is 15.0. The molecule has 29 heavy (non-hydrogen) atoms. The Kier molecular flexibility index (Phi) is 4.65. The monoisotopic (exact) mass is 402 g/mol. The number of fused-ring (bicyclic) bond motifs is 1. The molecule has 0 amide bonds. The van der Waals surface area contributed by atoms with Gasteiger partial charge in [-0.2, -0.15) is 4.98 Å². The van der Waals surface area contributed by atoms with E-state index in [9.17, 15) is 18.0 Å². The molecule has 0 bridgehead atoms. The second-order valence-electron chi connectivity index (χ2n) is 6.70. The Labute approximate surface area is 164 Å². The van der Waals surface area contributed by atoms with E-state index in [0.29, 0.717) is 29.2 Å². The second-order valence-corrected chi connectivity index (χ2v) is 6.70. The fourth-order valence-corrected chi connectivity index (χ4v) is 3.42. The maximum atomic E-state index is 13.9. The molecule has 1 aliphatic rings. The van der Waals surface area contributed by atoms with E-state index in [2.05, 4.69) is 15.6 Å². The van der Waals surface area contributed by atoms with E-state index in [0.717, 1.165) is 6.07 Å². The summed E-state index contributed by atoms with van der Waals surface area (Å²) in [6.07, 6.45) is 0. The van der Waals surface area contributed by atoms with Crippen LogP contribution in [0.4, 0.5) is 30.6 Å². The molecule has 2 N–H and O–H groups in total. The van der Waals surface area contributed by atoms with Gasteiger partial charge in [0.1, 0.15) is 17.5 Å². The molecule has 0 saturated carbocycles. The molecule has 6 nitrogen and oxygen atoms in total. The van der Waals surface area contributed by atoms with E-state index >= 15 is 0 Å². The Balaban J connectivity index is 1.82. The Morgan fingerprint density at radius 1 is 1.14 bits per heavy atom. The van der Waals surface area contributed by atoms with Crippen LogP contribution in [0.5, 0.6) is 5.75 Å². The molecule has 2 aromatic carbocycles. The molecule has 4 rings (SSSR count). The number of methoxy groups -OCH3 is 1. The van der Waals surface area contributed by atoms with Crippen LogP contribution < -0.4 is 20.9 Å². The van der Waals surface area contributed by atoms with Crippen LogP contribution in [0.1, 0.15) is 17.2 Å². The van der Waals surface area contributed by atoms with Crippen molar-refractivity contribution in [1.82, 2.24) is 9.55 Å². The number of hydrogen-bond donors (Lipinski definition) is 2. The lowest BCUT2D eigenvalue weighted by Gasteiger charge is -2.20. The Morgan fingerprint density at radius 3 is 2.55 bits per heavy atom. The summed E-state index contributed by atoms with van der Waals surface area (Å²) in [5.74, 6) is -1.28. The number of nitrogens with zero attached hydrogens (tertiary/aromatic N) is 2. The number of nitrogens with one attached hydrogen (secondary N) is 2. The molecule has 0 aliphatic carbocycles. The summed E-state index contributed by atoms with van der Waals surface area (Å²) in [6.45, 7) is 2.00. The van der Waals surface area contributed by atoms with Gasteiger partial charge in [0, 0.05) is 30.4 Å². The van der Waals surface area contributed by atoms with Gasteiger partial charge in [0.25, 0.3) is 5.56 Å². The zero-order chi connectivity index (χ0) is 20.7. The van der Waals surface area contributed by atoms with Gasteiger partial charge >= 0.3 is 0 Å². The largest absolute Gasteiger partial charge is 0.494 e. The number of hydrogen-bond acceptors (Lipinski definition) is 5. The van der Waals surface area contributed by atoms with Crippen molar-refractivity contribution >= 4 is 17.5 Å². The van der Waals surface area contributed by atoms with E-state index < -0.39 is 29.1 Å². The lowest BCUT2D eigenvalue weighted by molar-refractivity contribution is 0.386. The summed E-state index contributed by atoms with van der Waals surface area (Å²) in [4.78, 5) is 16.1. The number of ether oxygens (including phenoxy) is 1. The van der Waals surface area contributed by atoms with Crippen LogP contribution in [-0.2, 0) is 0 Å². The third-order valence-corrected chi connectivity index (χ3v) is 4.77. The molecule has 1 atom stereocenters. The van der Waals surface area contributed by atoms with Crippen molar-refractivity contribution in [3.05, 3.63) is 75.3 Å². The summed E-state index contributed by atoms with van der Waals surface area (Å²) in [5, 5.41) is 6.08. The molecule has 0 saturated heterocycles. The fourth-order valence-electron chi connectivity index (χ4n) is 3.42. The number of benzene rings is 2. The van der Waals surface area contributed by atoms with E-state index in [1.165, 1.54) is 37.4 Å². The molecule has 1 aromatic heterocycles. The minimum absolute atomic E-state index is 0.0277. The summed E-state index contributed by atoms with van der Waals surface area (Å²) in [7, 11) is 1.35. The average molecular weight is 402 g/mol. The first-order chi connectivity index (χ1) is 13.9. The topological polar surface area (TPSA) is 68.2 Å². The third-order valence-electron chi connectivity index (χ3n) is 4.77. The van der Waals surface area contributed by atoms with Gasteiger partial charge in [-0.3, -0.25) is 9.36 Å². The summed E-state index contributed by atoms with van der Waals surface area (Å²) < 4.78 is 48.0. The van der Waals surface area contributed by atoms with Crippen molar-refractivity contribution in [3.8, 4) is 5.75 Å². The highest BCUT2D eigenvalue weighted by Gasteiger charge is 2.27. The van der Waals surface area contributed by atoms with Crippen molar-refractivity contribution in [2.45, 2.75) is 13.0 Å². The van der Waals surface area contributed by atoms with Gasteiger partial charge in [-0.25, -0.2) is 13.2 Å². The van der Waals surface area contributed by atoms with Gasteiger partial charge < -0.3 is 15.4 Å². The molecule has 9 heteroatoms. The van der Waals surface area contributed by atoms with Crippen LogP contribution >= 0.6 is 0 Å². The van der Waals surface area contributed by atoms with Crippen molar-refractivity contribution in [2.75, 3.05) is 24.3 Å². The summed E-state index contributed by atoms with van der Waals surface area (Å²) in [5.41, 5.74) is 0.932. The van der Waals surface area contributed by atoms with Crippen molar-refractivity contribution in [2.24, 2.45) is 0 Å². The number of rotatable bonds is 4. The molecule has 150 valence electrons. The third kappa shape index (κ3) is 3.51. The van der Waals surface area contributed by atoms with Gasteiger partial charge in [-0.15, -0.1) is 0 Å². The summed E-state index contributed by atoms with van der Waals surface area (Å²) >= 11 is 0. The van der Waals surface area contributed by atoms with Crippen LogP contribution in [0.2, 0.25) is 0 Å². The Hall–Kier alpha value is -3.49. The number of aromatic nitrogens is 2. The molecule has 1 aliphatic heterocycles. The predicted molar refractivity (Wildman–Crippen MR) is 102 cm³/mol. The molecule has 0 radical (unpaired) electrons. The maximum absolute atomic E-state index is 13.9. The van der Waals surface area contributed by atoms with E-state index in [1.807, 2.05) is 0 Å². The lowest BCUT2D eigenvalue weighted by atomic mass is 10.1. The minimum Gasteiger partial charge on any atom is -0.494 e. The molecule has 3 aromatic rings. The molecule has 2 heterocycles. The quantitative estimate of drug-likeness (QED) is 0.696. The van der Waals surface area contributed by atoms with Crippen LogP contribution in [0.25, 0.3) is 0 Å². The maximum Gasteiger partial charge on any atom is 0.276 e. The number of anilines is 3. The Bertz CT molecular complexity index is 1140. The predicted octanol–water partition coefficient (Wildman–Crippen LogP) is 3.74. The Morgan fingerprint density at radius 2 is 1.86 bits per heavy atom. The van der Waals surface area contributed by atoms with Crippen LogP contribution in [0.15, 0.2) is 41.2 Å². The molecule has 1 unspecified atom stereocenters. The first-order valence-corrected chi connectivity index (χ1v) is 8.80. The minimum atomic E-state index is -0.698.